The third-order valence-corrected chi connectivity index (χ3v) is 5.35. The van der Waals surface area contributed by atoms with Crippen molar-refractivity contribution in [3.63, 3.8) is 0 Å². The van der Waals surface area contributed by atoms with Gasteiger partial charge in [0, 0.05) is 24.3 Å². The van der Waals surface area contributed by atoms with Gasteiger partial charge in [0.25, 0.3) is 0 Å². The molecule has 0 atom stereocenters. The number of aryl methyl sites for hydroxylation is 1. The Balaban J connectivity index is 1.55. The molecule has 2 N–H and O–H groups in total. The summed E-state index contributed by atoms with van der Waals surface area (Å²) in [5.41, 5.74) is 1.68. The number of halogens is 1. The summed E-state index contributed by atoms with van der Waals surface area (Å²) in [4.78, 5) is 14.6. The predicted molar refractivity (Wildman–Crippen MR) is 110 cm³/mol. The SMILES string of the molecule is Cc1cn(-c2ccccc2Cl)nc1NC(=O)NC1CCC(CN(C)C)CC1. The average Bonchev–Trinajstić information content (AvgIpc) is 2.97. The van der Waals surface area contributed by atoms with Gasteiger partial charge >= 0.3 is 6.03 Å². The maximum Gasteiger partial charge on any atom is 0.320 e. The van der Waals surface area contributed by atoms with Crippen LogP contribution in [0.3, 0.4) is 0 Å². The first-order valence-electron chi connectivity index (χ1n) is 9.46. The molecule has 7 heteroatoms. The highest BCUT2D eigenvalue weighted by Crippen LogP contribution is 2.25. The number of hydrogen-bond acceptors (Lipinski definition) is 3. The smallest absolute Gasteiger partial charge is 0.320 e. The fourth-order valence-electron chi connectivity index (χ4n) is 3.68. The first-order chi connectivity index (χ1) is 12.9. The minimum absolute atomic E-state index is 0.196. The normalized spacial score (nSPS) is 19.9. The van der Waals surface area contributed by atoms with Gasteiger partial charge in [0.1, 0.15) is 0 Å². The van der Waals surface area contributed by atoms with Crippen LogP contribution in [0.2, 0.25) is 5.02 Å². The maximum absolute atomic E-state index is 12.4. The fraction of sp³-hybridized carbons (Fsp3) is 0.500. The summed E-state index contributed by atoms with van der Waals surface area (Å²) in [6.07, 6.45) is 6.23. The second kappa shape index (κ2) is 8.76. The standard InChI is InChI=1S/C20H28ClN5O/c1-14-12-26(18-7-5-4-6-17(18)21)24-19(14)23-20(27)22-16-10-8-15(9-11-16)13-25(2)3/h4-7,12,15-16H,8-11,13H2,1-3H3,(H2,22,23,24,27). The number of anilines is 1. The van der Waals surface area contributed by atoms with Gasteiger partial charge in [-0.2, -0.15) is 0 Å². The molecule has 0 spiro atoms. The molecule has 1 aromatic carbocycles. The number of nitrogens with one attached hydrogen (secondary N) is 2. The quantitative estimate of drug-likeness (QED) is 0.810. The Morgan fingerprint density at radius 2 is 1.96 bits per heavy atom. The number of carbonyl (C=O) groups excluding carboxylic acids is 1. The molecule has 0 aliphatic heterocycles. The van der Waals surface area contributed by atoms with Crippen molar-refractivity contribution in [1.29, 1.82) is 0 Å². The van der Waals surface area contributed by atoms with Gasteiger partial charge in [-0.05, 0) is 64.8 Å². The molecule has 1 saturated carbocycles. The van der Waals surface area contributed by atoms with E-state index in [1.54, 1.807) is 4.68 Å². The lowest BCUT2D eigenvalue weighted by Crippen LogP contribution is -2.41. The molecule has 0 saturated heterocycles. The molecule has 0 radical (unpaired) electrons. The maximum atomic E-state index is 12.4. The van der Waals surface area contributed by atoms with Crippen LogP contribution in [0.5, 0.6) is 0 Å². The predicted octanol–water partition coefficient (Wildman–Crippen LogP) is 4.08. The number of amides is 2. The number of aromatic nitrogens is 2. The summed E-state index contributed by atoms with van der Waals surface area (Å²) in [5, 5.41) is 11.1. The van der Waals surface area contributed by atoms with Crippen LogP contribution in [-0.4, -0.2) is 47.4 Å². The molecule has 0 unspecified atom stereocenters. The van der Waals surface area contributed by atoms with E-state index < -0.39 is 0 Å². The first kappa shape index (κ1) is 19.7. The molecule has 1 aliphatic carbocycles. The summed E-state index contributed by atoms with van der Waals surface area (Å²) >= 11 is 6.23. The molecular formula is C20H28ClN5O. The topological polar surface area (TPSA) is 62.2 Å². The van der Waals surface area contributed by atoms with Crippen molar-refractivity contribution in [1.82, 2.24) is 20.0 Å². The summed E-state index contributed by atoms with van der Waals surface area (Å²) in [6, 6.07) is 7.53. The minimum Gasteiger partial charge on any atom is -0.335 e. The van der Waals surface area contributed by atoms with Crippen LogP contribution in [-0.2, 0) is 0 Å². The van der Waals surface area contributed by atoms with Crippen LogP contribution in [0.4, 0.5) is 10.6 Å². The van der Waals surface area contributed by atoms with Crippen molar-refractivity contribution in [2.75, 3.05) is 26.0 Å². The third kappa shape index (κ3) is 5.23. The van der Waals surface area contributed by atoms with Gasteiger partial charge in [-0.3, -0.25) is 5.32 Å². The van der Waals surface area contributed by atoms with E-state index in [2.05, 4.69) is 34.7 Å². The van der Waals surface area contributed by atoms with Crippen molar-refractivity contribution in [2.45, 2.75) is 38.6 Å². The molecule has 27 heavy (non-hydrogen) atoms. The van der Waals surface area contributed by atoms with E-state index in [4.69, 9.17) is 11.6 Å². The van der Waals surface area contributed by atoms with E-state index in [9.17, 15) is 4.79 Å². The van der Waals surface area contributed by atoms with Gasteiger partial charge < -0.3 is 10.2 Å². The van der Waals surface area contributed by atoms with E-state index in [-0.39, 0.29) is 12.1 Å². The van der Waals surface area contributed by atoms with Crippen molar-refractivity contribution in [3.05, 3.63) is 41.0 Å². The van der Waals surface area contributed by atoms with E-state index in [0.29, 0.717) is 10.8 Å². The fourth-order valence-corrected chi connectivity index (χ4v) is 3.90. The molecule has 2 amide bonds. The lowest BCUT2D eigenvalue weighted by Gasteiger charge is -2.30. The zero-order valence-electron chi connectivity index (χ0n) is 16.2. The monoisotopic (exact) mass is 389 g/mol. The number of benzene rings is 1. The molecular weight excluding hydrogens is 362 g/mol. The van der Waals surface area contributed by atoms with Crippen molar-refractivity contribution in [2.24, 2.45) is 5.92 Å². The average molecular weight is 390 g/mol. The first-order valence-corrected chi connectivity index (χ1v) is 9.83. The highest BCUT2D eigenvalue weighted by atomic mass is 35.5. The molecule has 6 nitrogen and oxygen atoms in total. The van der Waals surface area contributed by atoms with Crippen LogP contribution < -0.4 is 10.6 Å². The van der Waals surface area contributed by atoms with E-state index in [1.807, 2.05) is 37.4 Å². The number of rotatable bonds is 5. The number of hydrogen-bond donors (Lipinski definition) is 2. The third-order valence-electron chi connectivity index (χ3n) is 5.03. The van der Waals surface area contributed by atoms with Gasteiger partial charge in [-0.1, -0.05) is 23.7 Å². The Hall–Kier alpha value is -2.05. The summed E-state index contributed by atoms with van der Waals surface area (Å²) in [5.74, 6) is 1.28. The molecule has 0 bridgehead atoms. The molecule has 1 aromatic heterocycles. The summed E-state index contributed by atoms with van der Waals surface area (Å²) < 4.78 is 1.69. The number of carbonyl (C=O) groups is 1. The number of para-hydroxylation sites is 1. The molecule has 1 aliphatic rings. The lowest BCUT2D eigenvalue weighted by atomic mass is 9.86. The Labute approximate surface area is 165 Å². The van der Waals surface area contributed by atoms with Crippen molar-refractivity contribution < 1.29 is 4.79 Å². The van der Waals surface area contributed by atoms with Gasteiger partial charge in [-0.25, -0.2) is 9.48 Å². The van der Waals surface area contributed by atoms with Gasteiger partial charge in [-0.15, -0.1) is 5.10 Å². The number of nitrogens with zero attached hydrogens (tertiary/aromatic N) is 3. The molecule has 3 rings (SSSR count). The summed E-state index contributed by atoms with van der Waals surface area (Å²) in [6.45, 7) is 3.04. The Morgan fingerprint density at radius 1 is 1.26 bits per heavy atom. The van der Waals surface area contributed by atoms with Crippen molar-refractivity contribution in [3.8, 4) is 5.69 Å². The zero-order valence-corrected chi connectivity index (χ0v) is 17.0. The van der Waals surface area contributed by atoms with E-state index in [1.165, 1.54) is 0 Å². The molecule has 1 fully saturated rings. The second-order valence-corrected chi connectivity index (χ2v) is 8.04. The van der Waals surface area contributed by atoms with Crippen LogP contribution >= 0.6 is 11.6 Å². The number of urea groups is 1. The van der Waals surface area contributed by atoms with Crippen LogP contribution in [0.15, 0.2) is 30.5 Å². The highest BCUT2D eigenvalue weighted by Gasteiger charge is 2.23. The molecule has 2 aromatic rings. The van der Waals surface area contributed by atoms with Crippen molar-refractivity contribution >= 4 is 23.4 Å². The Kier molecular flexibility index (Phi) is 6.39. The molecule has 1 heterocycles. The second-order valence-electron chi connectivity index (χ2n) is 7.64. The Morgan fingerprint density at radius 3 is 2.63 bits per heavy atom. The summed E-state index contributed by atoms with van der Waals surface area (Å²) in [7, 11) is 4.23. The van der Waals surface area contributed by atoms with E-state index >= 15 is 0 Å². The Bertz CT molecular complexity index is 780. The zero-order chi connectivity index (χ0) is 19.4. The van der Waals surface area contributed by atoms with Crippen LogP contribution in [0.1, 0.15) is 31.2 Å². The lowest BCUT2D eigenvalue weighted by molar-refractivity contribution is 0.223. The van der Waals surface area contributed by atoms with Crippen LogP contribution in [0, 0.1) is 12.8 Å². The molecule has 146 valence electrons. The van der Waals surface area contributed by atoms with E-state index in [0.717, 1.165) is 49.4 Å². The minimum atomic E-state index is -0.196. The van der Waals surface area contributed by atoms with Gasteiger partial charge in [0.05, 0.1) is 10.7 Å². The highest BCUT2D eigenvalue weighted by molar-refractivity contribution is 6.32. The largest absolute Gasteiger partial charge is 0.335 e. The van der Waals surface area contributed by atoms with Gasteiger partial charge in [0.15, 0.2) is 5.82 Å². The van der Waals surface area contributed by atoms with Crippen LogP contribution in [0.25, 0.3) is 5.69 Å². The van der Waals surface area contributed by atoms with Gasteiger partial charge in [0.2, 0.25) is 0 Å².